The fourth-order valence-corrected chi connectivity index (χ4v) is 3.91. The number of nitrogens with zero attached hydrogens (tertiary/aromatic N) is 3. The summed E-state index contributed by atoms with van der Waals surface area (Å²) in [4.78, 5) is 39.2. The van der Waals surface area contributed by atoms with Crippen molar-refractivity contribution in [2.75, 3.05) is 31.1 Å². The molecule has 0 spiro atoms. The van der Waals surface area contributed by atoms with Crippen molar-refractivity contribution in [2.45, 2.75) is 44.7 Å². The number of hydrogen-bond donors (Lipinski definition) is 2. The molecule has 0 aromatic heterocycles. The van der Waals surface area contributed by atoms with Crippen LogP contribution in [-0.2, 0) is 4.79 Å². The lowest BCUT2D eigenvalue weighted by molar-refractivity contribution is -0.384. The molecule has 2 aliphatic rings. The number of benzene rings is 1. The van der Waals surface area contributed by atoms with Crippen molar-refractivity contribution in [3.05, 3.63) is 34.4 Å². The van der Waals surface area contributed by atoms with Crippen molar-refractivity contribution in [1.82, 2.24) is 15.5 Å². The Labute approximate surface area is 164 Å². The highest BCUT2D eigenvalue weighted by atomic mass is 16.6. The molecule has 1 aliphatic carbocycles. The molecule has 9 nitrogen and oxygen atoms in total. The van der Waals surface area contributed by atoms with E-state index in [4.69, 9.17) is 0 Å². The van der Waals surface area contributed by atoms with Crippen molar-refractivity contribution in [2.24, 2.45) is 0 Å². The molecule has 1 unspecified atom stereocenters. The summed E-state index contributed by atoms with van der Waals surface area (Å²) in [6, 6.07) is 5.98. The van der Waals surface area contributed by atoms with Gasteiger partial charge in [0.25, 0.3) is 5.69 Å². The van der Waals surface area contributed by atoms with Gasteiger partial charge in [0.2, 0.25) is 5.91 Å². The Morgan fingerprint density at radius 3 is 2.43 bits per heavy atom. The molecule has 28 heavy (non-hydrogen) atoms. The van der Waals surface area contributed by atoms with E-state index in [0.717, 1.165) is 25.7 Å². The molecule has 0 bridgehead atoms. The van der Waals surface area contributed by atoms with Gasteiger partial charge in [-0.2, -0.15) is 0 Å². The van der Waals surface area contributed by atoms with Crippen LogP contribution in [0.5, 0.6) is 0 Å². The van der Waals surface area contributed by atoms with Gasteiger partial charge in [0.15, 0.2) is 0 Å². The molecular weight excluding hydrogens is 362 g/mol. The average molecular weight is 389 g/mol. The van der Waals surface area contributed by atoms with Crippen LogP contribution in [0.25, 0.3) is 0 Å². The normalized spacial score (nSPS) is 19.2. The Balaban J connectivity index is 1.50. The first-order chi connectivity index (χ1) is 13.5. The van der Waals surface area contributed by atoms with Crippen LogP contribution in [0.4, 0.5) is 16.2 Å². The largest absolute Gasteiger partial charge is 0.363 e. The molecule has 1 aliphatic heterocycles. The number of nitrogens with one attached hydrogen (secondary N) is 2. The number of para-hydroxylation sites is 2. The van der Waals surface area contributed by atoms with Gasteiger partial charge in [-0.1, -0.05) is 25.0 Å². The number of piperazine rings is 1. The number of nitro groups is 1. The zero-order chi connectivity index (χ0) is 20.1. The number of carbonyl (C=O) groups is 2. The number of anilines is 1. The van der Waals surface area contributed by atoms with Gasteiger partial charge in [0.1, 0.15) is 5.69 Å². The van der Waals surface area contributed by atoms with Gasteiger partial charge in [-0.15, -0.1) is 0 Å². The highest BCUT2D eigenvalue weighted by Crippen LogP contribution is 2.28. The van der Waals surface area contributed by atoms with E-state index in [1.807, 2.05) is 9.80 Å². The van der Waals surface area contributed by atoms with Crippen molar-refractivity contribution < 1.29 is 14.5 Å². The second-order valence-corrected chi connectivity index (χ2v) is 7.39. The van der Waals surface area contributed by atoms with E-state index >= 15 is 0 Å². The maximum absolute atomic E-state index is 12.4. The first-order valence-corrected chi connectivity index (χ1v) is 9.79. The van der Waals surface area contributed by atoms with Crippen LogP contribution < -0.4 is 15.5 Å². The van der Waals surface area contributed by atoms with Crippen molar-refractivity contribution in [3.8, 4) is 0 Å². The molecule has 1 saturated heterocycles. The van der Waals surface area contributed by atoms with E-state index in [2.05, 4.69) is 10.6 Å². The molecule has 1 aromatic carbocycles. The third-order valence-electron chi connectivity index (χ3n) is 5.59. The number of amides is 3. The standard InChI is InChI=1S/C19H27N5O4/c1-14(18(25)21-19(26)20-15-6-2-3-7-15)22-10-12-23(13-11-22)16-8-4-5-9-17(16)24(27)28/h4-5,8-9,14-15H,2-3,6-7,10-13H2,1H3,(H2,20,21,25,26). The number of carbonyl (C=O) groups excluding carboxylic acids is 2. The molecule has 3 rings (SSSR count). The summed E-state index contributed by atoms with van der Waals surface area (Å²) in [5.74, 6) is -0.324. The molecule has 1 heterocycles. The average Bonchev–Trinajstić information content (AvgIpc) is 3.20. The van der Waals surface area contributed by atoms with Gasteiger partial charge in [-0.3, -0.25) is 25.1 Å². The number of hydrogen-bond acceptors (Lipinski definition) is 6. The second-order valence-electron chi connectivity index (χ2n) is 7.39. The Bertz CT molecular complexity index is 727. The van der Waals surface area contributed by atoms with Gasteiger partial charge in [0.05, 0.1) is 11.0 Å². The number of rotatable bonds is 5. The van der Waals surface area contributed by atoms with Crippen LogP contribution in [-0.4, -0.2) is 60.0 Å². The molecule has 152 valence electrons. The highest BCUT2D eigenvalue weighted by molar-refractivity contribution is 5.96. The number of urea groups is 1. The summed E-state index contributed by atoms with van der Waals surface area (Å²) in [6.45, 7) is 4.11. The molecule has 2 fully saturated rings. The number of nitro benzene ring substituents is 1. The first-order valence-electron chi connectivity index (χ1n) is 9.79. The molecule has 1 atom stereocenters. The van der Waals surface area contributed by atoms with Crippen molar-refractivity contribution >= 4 is 23.3 Å². The Hall–Kier alpha value is -2.68. The molecule has 9 heteroatoms. The molecule has 1 aromatic rings. The monoisotopic (exact) mass is 389 g/mol. The van der Waals surface area contributed by atoms with Crippen molar-refractivity contribution in [1.29, 1.82) is 0 Å². The van der Waals surface area contributed by atoms with E-state index in [-0.39, 0.29) is 22.6 Å². The van der Waals surface area contributed by atoms with Gasteiger partial charge >= 0.3 is 6.03 Å². The molecule has 2 N–H and O–H groups in total. The summed E-state index contributed by atoms with van der Waals surface area (Å²) in [5, 5.41) is 16.5. The van der Waals surface area contributed by atoms with Crippen LogP contribution in [0.2, 0.25) is 0 Å². The number of imide groups is 1. The summed E-state index contributed by atoms with van der Waals surface area (Å²) in [6.07, 6.45) is 4.15. The van der Waals surface area contributed by atoms with Gasteiger partial charge in [-0.05, 0) is 25.8 Å². The fraction of sp³-hybridized carbons (Fsp3) is 0.579. The van der Waals surface area contributed by atoms with Crippen molar-refractivity contribution in [3.63, 3.8) is 0 Å². The zero-order valence-corrected chi connectivity index (χ0v) is 16.1. The summed E-state index contributed by atoms with van der Waals surface area (Å²) in [7, 11) is 0. The maximum Gasteiger partial charge on any atom is 0.321 e. The van der Waals surface area contributed by atoms with Crippen LogP contribution in [0.1, 0.15) is 32.6 Å². The molecule has 0 radical (unpaired) electrons. The minimum absolute atomic E-state index is 0.0883. The van der Waals surface area contributed by atoms with E-state index in [0.29, 0.717) is 31.9 Å². The van der Waals surface area contributed by atoms with E-state index in [9.17, 15) is 19.7 Å². The SMILES string of the molecule is CC(C(=O)NC(=O)NC1CCCC1)N1CCN(c2ccccc2[N+](=O)[O-])CC1. The Kier molecular flexibility index (Phi) is 6.45. The predicted molar refractivity (Wildman–Crippen MR) is 105 cm³/mol. The van der Waals surface area contributed by atoms with E-state index < -0.39 is 12.1 Å². The molecule has 1 saturated carbocycles. The Morgan fingerprint density at radius 2 is 1.79 bits per heavy atom. The minimum atomic E-state index is -0.442. The van der Waals surface area contributed by atoms with Crippen LogP contribution in [0.3, 0.4) is 0 Å². The maximum atomic E-state index is 12.4. The van der Waals surface area contributed by atoms with Gasteiger partial charge < -0.3 is 10.2 Å². The summed E-state index contributed by atoms with van der Waals surface area (Å²) in [5.41, 5.74) is 0.686. The van der Waals surface area contributed by atoms with Crippen LogP contribution in [0.15, 0.2) is 24.3 Å². The van der Waals surface area contributed by atoms with Gasteiger partial charge in [0, 0.05) is 38.3 Å². The molecular formula is C19H27N5O4. The second kappa shape index (κ2) is 9.01. The quantitative estimate of drug-likeness (QED) is 0.588. The van der Waals surface area contributed by atoms with E-state index in [1.54, 1.807) is 25.1 Å². The van der Waals surface area contributed by atoms with E-state index in [1.165, 1.54) is 6.07 Å². The summed E-state index contributed by atoms with van der Waals surface area (Å²) >= 11 is 0. The molecule has 3 amide bonds. The van der Waals surface area contributed by atoms with Crippen LogP contribution in [0, 0.1) is 10.1 Å². The highest BCUT2D eigenvalue weighted by Gasteiger charge is 2.29. The Morgan fingerprint density at radius 1 is 1.14 bits per heavy atom. The van der Waals surface area contributed by atoms with Crippen LogP contribution >= 0.6 is 0 Å². The zero-order valence-electron chi connectivity index (χ0n) is 16.1. The lowest BCUT2D eigenvalue weighted by Gasteiger charge is -2.38. The lowest BCUT2D eigenvalue weighted by Crippen LogP contribution is -2.56. The smallest absolute Gasteiger partial charge is 0.321 e. The fourth-order valence-electron chi connectivity index (χ4n) is 3.91. The minimum Gasteiger partial charge on any atom is -0.363 e. The van der Waals surface area contributed by atoms with Gasteiger partial charge in [-0.25, -0.2) is 4.79 Å². The third-order valence-corrected chi connectivity index (χ3v) is 5.59. The topological polar surface area (TPSA) is 108 Å². The predicted octanol–water partition coefficient (Wildman–Crippen LogP) is 1.87. The third kappa shape index (κ3) is 4.78. The first kappa shape index (κ1) is 20.1. The summed E-state index contributed by atoms with van der Waals surface area (Å²) < 4.78 is 0. The lowest BCUT2D eigenvalue weighted by atomic mass is 10.2.